The molecule has 1 unspecified atom stereocenters. The maximum absolute atomic E-state index is 12.8. The first-order valence-corrected chi connectivity index (χ1v) is 12.7. The molecule has 0 aliphatic rings. The molecule has 0 spiro atoms. The number of hydrogen-bond acceptors (Lipinski definition) is 8. The van der Waals surface area contributed by atoms with Crippen molar-refractivity contribution in [2.24, 2.45) is 0 Å². The SMILES string of the molecule is Cc1ccc(Oc2ccc(C(CNC(C)(C)C)S(=O)(=O)OC=O)cc2OC(=O)c2ccccc2)cc1. The predicted octanol–water partition coefficient (Wildman–Crippen LogP) is 4.94. The molecule has 0 radical (unpaired) electrons. The van der Waals surface area contributed by atoms with E-state index < -0.39 is 26.9 Å². The Morgan fingerprint density at radius 2 is 1.64 bits per heavy atom. The van der Waals surface area contributed by atoms with Gasteiger partial charge in [-0.3, -0.25) is 4.79 Å². The van der Waals surface area contributed by atoms with Crippen LogP contribution < -0.4 is 14.8 Å². The number of hydrogen-bond donors (Lipinski definition) is 1. The van der Waals surface area contributed by atoms with E-state index in [0.29, 0.717) is 11.3 Å². The minimum atomic E-state index is -4.33. The summed E-state index contributed by atoms with van der Waals surface area (Å²) in [5.41, 5.74) is 1.20. The molecule has 3 rings (SSSR count). The summed E-state index contributed by atoms with van der Waals surface area (Å²) in [6.07, 6.45) is 0. The van der Waals surface area contributed by atoms with E-state index in [2.05, 4.69) is 9.50 Å². The fourth-order valence-corrected chi connectivity index (χ4v) is 4.27. The van der Waals surface area contributed by atoms with Crippen molar-refractivity contribution in [3.05, 3.63) is 89.5 Å². The highest BCUT2D eigenvalue weighted by atomic mass is 32.2. The summed E-state index contributed by atoms with van der Waals surface area (Å²) < 4.78 is 41.6. The molecule has 0 heterocycles. The number of ether oxygens (including phenoxy) is 2. The molecule has 0 bridgehead atoms. The van der Waals surface area contributed by atoms with Crippen LogP contribution in [0.3, 0.4) is 0 Å². The highest BCUT2D eigenvalue weighted by Gasteiger charge is 2.31. The molecule has 0 aromatic heterocycles. The molecule has 3 aromatic rings. The first-order valence-electron chi connectivity index (χ1n) is 11.2. The summed E-state index contributed by atoms with van der Waals surface area (Å²) in [5.74, 6) is 0.0956. The zero-order chi connectivity index (χ0) is 26.3. The third kappa shape index (κ3) is 7.40. The van der Waals surface area contributed by atoms with Crippen molar-refractivity contribution in [3.8, 4) is 17.2 Å². The molecule has 8 nitrogen and oxygen atoms in total. The first kappa shape index (κ1) is 26.9. The molecular formula is C27H29NO7S. The second-order valence-electron chi connectivity index (χ2n) is 9.18. The van der Waals surface area contributed by atoms with Gasteiger partial charge >= 0.3 is 22.6 Å². The van der Waals surface area contributed by atoms with Crippen LogP contribution >= 0.6 is 0 Å². The van der Waals surface area contributed by atoms with Gasteiger partial charge in [0.15, 0.2) is 11.5 Å². The number of carbonyl (C=O) groups excluding carboxylic acids is 2. The van der Waals surface area contributed by atoms with Gasteiger partial charge in [0, 0.05) is 12.1 Å². The fraction of sp³-hybridized carbons (Fsp3) is 0.259. The highest BCUT2D eigenvalue weighted by Crippen LogP contribution is 2.36. The molecular weight excluding hydrogens is 482 g/mol. The Labute approximate surface area is 211 Å². The number of rotatable bonds is 10. The number of carbonyl (C=O) groups is 2. The van der Waals surface area contributed by atoms with Crippen LogP contribution in [0.4, 0.5) is 0 Å². The molecule has 0 fully saturated rings. The summed E-state index contributed by atoms with van der Waals surface area (Å²) in [5, 5.41) is 1.86. The minimum Gasteiger partial charge on any atom is -0.453 e. The van der Waals surface area contributed by atoms with Crippen LogP contribution in [-0.2, 0) is 19.1 Å². The van der Waals surface area contributed by atoms with Gasteiger partial charge in [0.1, 0.15) is 11.0 Å². The molecule has 36 heavy (non-hydrogen) atoms. The molecule has 0 aliphatic carbocycles. The molecule has 3 aromatic carbocycles. The van der Waals surface area contributed by atoms with Gasteiger partial charge < -0.3 is 19.0 Å². The van der Waals surface area contributed by atoms with Crippen molar-refractivity contribution >= 4 is 22.6 Å². The number of benzene rings is 3. The van der Waals surface area contributed by atoms with Crippen molar-refractivity contribution in [2.75, 3.05) is 6.54 Å². The smallest absolute Gasteiger partial charge is 0.343 e. The Morgan fingerprint density at radius 1 is 0.972 bits per heavy atom. The number of aryl methyl sites for hydroxylation is 1. The maximum Gasteiger partial charge on any atom is 0.343 e. The zero-order valence-corrected chi connectivity index (χ0v) is 21.4. The Kier molecular flexibility index (Phi) is 8.49. The second kappa shape index (κ2) is 11.4. The Morgan fingerprint density at radius 3 is 2.25 bits per heavy atom. The van der Waals surface area contributed by atoms with E-state index in [4.69, 9.17) is 9.47 Å². The van der Waals surface area contributed by atoms with Crippen molar-refractivity contribution in [1.29, 1.82) is 0 Å². The summed E-state index contributed by atoms with van der Waals surface area (Å²) in [4.78, 5) is 23.7. The van der Waals surface area contributed by atoms with Gasteiger partial charge in [-0.15, -0.1) is 0 Å². The van der Waals surface area contributed by atoms with Crippen molar-refractivity contribution in [3.63, 3.8) is 0 Å². The third-order valence-corrected chi connectivity index (χ3v) is 6.62. The number of esters is 1. The van der Waals surface area contributed by atoms with Crippen LogP contribution in [0.5, 0.6) is 17.2 Å². The molecule has 0 saturated heterocycles. The van der Waals surface area contributed by atoms with E-state index in [0.717, 1.165) is 5.56 Å². The quantitative estimate of drug-likeness (QED) is 0.177. The second-order valence-corrected chi connectivity index (χ2v) is 10.9. The molecule has 0 aliphatic heterocycles. The third-order valence-electron chi connectivity index (χ3n) is 5.14. The molecule has 190 valence electrons. The fourth-order valence-electron chi connectivity index (χ4n) is 3.26. The lowest BCUT2D eigenvalue weighted by molar-refractivity contribution is -0.120. The van der Waals surface area contributed by atoms with Gasteiger partial charge in [-0.2, -0.15) is 8.42 Å². The van der Waals surface area contributed by atoms with E-state index in [1.54, 1.807) is 42.5 Å². The van der Waals surface area contributed by atoms with Gasteiger partial charge in [0.05, 0.1) is 5.56 Å². The van der Waals surface area contributed by atoms with Crippen molar-refractivity contribution < 1.29 is 31.7 Å². The zero-order valence-electron chi connectivity index (χ0n) is 20.6. The van der Waals surface area contributed by atoms with Crippen LogP contribution in [0.25, 0.3) is 0 Å². The van der Waals surface area contributed by atoms with Crippen molar-refractivity contribution in [2.45, 2.75) is 38.5 Å². The Bertz CT molecular complexity index is 1300. The summed E-state index contributed by atoms with van der Waals surface area (Å²) in [6.45, 7) is 7.41. The first-order chi connectivity index (χ1) is 17.0. The monoisotopic (exact) mass is 511 g/mol. The van der Waals surface area contributed by atoms with Gasteiger partial charge in [-0.05, 0) is 69.7 Å². The van der Waals surface area contributed by atoms with E-state index in [1.807, 2.05) is 39.8 Å². The van der Waals surface area contributed by atoms with Crippen LogP contribution in [0.2, 0.25) is 0 Å². The summed E-state index contributed by atoms with van der Waals surface area (Å²) >= 11 is 0. The van der Waals surface area contributed by atoms with Crippen molar-refractivity contribution in [1.82, 2.24) is 5.32 Å². The molecule has 1 N–H and O–H groups in total. The summed E-state index contributed by atoms with van der Waals surface area (Å²) in [7, 11) is -4.33. The van der Waals surface area contributed by atoms with E-state index in [9.17, 15) is 18.0 Å². The van der Waals surface area contributed by atoms with Crippen LogP contribution in [0.15, 0.2) is 72.8 Å². The van der Waals surface area contributed by atoms with E-state index in [-0.39, 0.29) is 30.1 Å². The molecule has 0 saturated carbocycles. The van der Waals surface area contributed by atoms with Gasteiger partial charge in [0.2, 0.25) is 0 Å². The topological polar surface area (TPSA) is 108 Å². The lowest BCUT2D eigenvalue weighted by Crippen LogP contribution is -2.40. The lowest BCUT2D eigenvalue weighted by atomic mass is 10.1. The van der Waals surface area contributed by atoms with Gasteiger partial charge in [0.25, 0.3) is 0 Å². The number of nitrogens with one attached hydrogen (secondary N) is 1. The normalized spacial score (nSPS) is 12.4. The molecule has 9 heteroatoms. The van der Waals surface area contributed by atoms with Crippen LogP contribution in [0, 0.1) is 6.92 Å². The average molecular weight is 512 g/mol. The Balaban J connectivity index is 2.04. The van der Waals surface area contributed by atoms with Gasteiger partial charge in [-0.25, -0.2) is 4.79 Å². The average Bonchev–Trinajstić information content (AvgIpc) is 2.81. The highest BCUT2D eigenvalue weighted by molar-refractivity contribution is 7.87. The maximum atomic E-state index is 12.8. The van der Waals surface area contributed by atoms with E-state index in [1.165, 1.54) is 18.2 Å². The Hall–Kier alpha value is -3.69. The molecule has 0 amide bonds. The van der Waals surface area contributed by atoms with Crippen LogP contribution in [0.1, 0.15) is 47.5 Å². The van der Waals surface area contributed by atoms with E-state index >= 15 is 0 Å². The largest absolute Gasteiger partial charge is 0.453 e. The van der Waals surface area contributed by atoms with Crippen LogP contribution in [-0.4, -0.2) is 32.9 Å². The minimum absolute atomic E-state index is 0.0176. The summed E-state index contributed by atoms with van der Waals surface area (Å²) in [6, 6.07) is 20.1. The molecule has 1 atom stereocenters. The predicted molar refractivity (Wildman–Crippen MR) is 136 cm³/mol. The standard InChI is InChI=1S/C27H29NO7S/c1-19-10-13-22(14-11-19)34-23-15-12-21(16-24(23)35-26(30)20-8-6-5-7-9-20)25(17-28-27(2,3)4)36(31,32)33-18-29/h5-16,18,25,28H,17H2,1-4H3. The van der Waals surface area contributed by atoms with Gasteiger partial charge in [-0.1, -0.05) is 42.0 Å². The lowest BCUT2D eigenvalue weighted by Gasteiger charge is -2.25.